The molecule has 2 unspecified atom stereocenters. The molecule has 3 heterocycles. The molecule has 6 heteroatoms. The molecule has 2 fully saturated rings. The van der Waals surface area contributed by atoms with Gasteiger partial charge in [0.2, 0.25) is 0 Å². The van der Waals surface area contributed by atoms with Crippen molar-refractivity contribution in [1.82, 2.24) is 19.8 Å². The minimum atomic E-state index is -0.269. The minimum Gasteiger partial charge on any atom is -0.324 e. The molecule has 3 aromatic rings. The summed E-state index contributed by atoms with van der Waals surface area (Å²) in [5.41, 5.74) is 2.95. The number of aromatic nitrogens is 2. The lowest BCUT2D eigenvalue weighted by Crippen LogP contribution is -2.44. The van der Waals surface area contributed by atoms with Gasteiger partial charge in [0.05, 0.1) is 17.9 Å². The van der Waals surface area contributed by atoms with Crippen molar-refractivity contribution in [2.75, 3.05) is 19.6 Å². The monoisotopic (exact) mass is 392 g/mol. The van der Waals surface area contributed by atoms with Crippen LogP contribution in [-0.4, -0.2) is 52.0 Å². The smallest absolute Gasteiger partial charge is 0.179 e. The first-order valence-electron chi connectivity index (χ1n) is 10.4. The van der Waals surface area contributed by atoms with Gasteiger partial charge >= 0.3 is 0 Å². The number of hydrogen-bond donors (Lipinski definition) is 1. The van der Waals surface area contributed by atoms with Crippen LogP contribution in [0.25, 0.3) is 11.0 Å². The van der Waals surface area contributed by atoms with Gasteiger partial charge in [0.15, 0.2) is 5.78 Å². The average molecular weight is 392 g/mol. The van der Waals surface area contributed by atoms with Gasteiger partial charge in [-0.1, -0.05) is 30.3 Å². The zero-order valence-corrected chi connectivity index (χ0v) is 16.4. The molecule has 0 radical (unpaired) electrons. The summed E-state index contributed by atoms with van der Waals surface area (Å²) in [5.74, 6) is -0.0467. The SMILES string of the molecule is O=C(c1ccc(Cn2cnc3cccc(F)c32)cc1)C1CCCN1C1CCNC1. The summed E-state index contributed by atoms with van der Waals surface area (Å²) in [5, 5.41) is 3.41. The van der Waals surface area contributed by atoms with Crippen molar-refractivity contribution in [1.29, 1.82) is 0 Å². The van der Waals surface area contributed by atoms with Gasteiger partial charge in [-0.3, -0.25) is 9.69 Å². The van der Waals surface area contributed by atoms with E-state index in [1.165, 1.54) is 6.07 Å². The predicted octanol–water partition coefficient (Wildman–Crippen LogP) is 3.23. The van der Waals surface area contributed by atoms with E-state index in [1.54, 1.807) is 12.4 Å². The molecular weight excluding hydrogens is 367 g/mol. The molecule has 2 aliphatic rings. The Hall–Kier alpha value is -2.57. The summed E-state index contributed by atoms with van der Waals surface area (Å²) in [6.45, 7) is 3.56. The number of nitrogens with one attached hydrogen (secondary N) is 1. The van der Waals surface area contributed by atoms with Gasteiger partial charge in [-0.2, -0.15) is 0 Å². The fourth-order valence-corrected chi connectivity index (χ4v) is 4.80. The van der Waals surface area contributed by atoms with Crippen LogP contribution in [0.1, 0.15) is 35.2 Å². The zero-order valence-electron chi connectivity index (χ0n) is 16.4. The molecule has 2 saturated heterocycles. The van der Waals surface area contributed by atoms with Crippen LogP contribution in [0.4, 0.5) is 4.39 Å². The Morgan fingerprint density at radius 3 is 2.83 bits per heavy atom. The van der Waals surface area contributed by atoms with Gasteiger partial charge in [-0.15, -0.1) is 0 Å². The third-order valence-electron chi connectivity index (χ3n) is 6.28. The number of Topliss-reactive ketones (excluding diaryl/α,β-unsaturated/α-hetero) is 1. The molecule has 0 saturated carbocycles. The second-order valence-corrected chi connectivity index (χ2v) is 8.08. The van der Waals surface area contributed by atoms with Crippen LogP contribution in [-0.2, 0) is 6.54 Å². The van der Waals surface area contributed by atoms with E-state index in [0.717, 1.165) is 50.0 Å². The number of nitrogens with zero attached hydrogens (tertiary/aromatic N) is 3. The van der Waals surface area contributed by atoms with Crippen molar-refractivity contribution in [2.45, 2.75) is 37.9 Å². The number of likely N-dealkylation sites (tertiary alicyclic amines) is 1. The van der Waals surface area contributed by atoms with Crippen molar-refractivity contribution in [3.63, 3.8) is 0 Å². The molecule has 5 nitrogen and oxygen atoms in total. The molecule has 1 aromatic heterocycles. The quantitative estimate of drug-likeness (QED) is 0.678. The van der Waals surface area contributed by atoms with E-state index in [9.17, 15) is 9.18 Å². The number of benzene rings is 2. The maximum Gasteiger partial charge on any atom is 0.179 e. The van der Waals surface area contributed by atoms with Gasteiger partial charge in [-0.25, -0.2) is 9.37 Å². The molecule has 1 N–H and O–H groups in total. The van der Waals surface area contributed by atoms with E-state index in [-0.39, 0.29) is 17.6 Å². The highest BCUT2D eigenvalue weighted by Crippen LogP contribution is 2.26. The number of rotatable bonds is 5. The lowest BCUT2D eigenvalue weighted by atomic mass is 10.00. The number of halogens is 1. The van der Waals surface area contributed by atoms with Crippen LogP contribution in [0.2, 0.25) is 0 Å². The van der Waals surface area contributed by atoms with Crippen molar-refractivity contribution in [3.05, 3.63) is 65.7 Å². The first kappa shape index (κ1) is 18.5. The standard InChI is InChI=1S/C23H25FN4O/c24-19-3-1-4-20-22(19)27(15-26-20)14-16-6-8-17(9-7-16)23(29)21-5-2-12-28(21)18-10-11-25-13-18/h1,3-4,6-9,15,18,21,25H,2,5,10-14H2. The lowest BCUT2D eigenvalue weighted by Gasteiger charge is -2.29. The molecule has 29 heavy (non-hydrogen) atoms. The van der Waals surface area contributed by atoms with E-state index >= 15 is 0 Å². The number of ketones is 1. The number of hydrogen-bond acceptors (Lipinski definition) is 4. The van der Waals surface area contributed by atoms with E-state index in [4.69, 9.17) is 0 Å². The number of imidazole rings is 1. The highest BCUT2D eigenvalue weighted by molar-refractivity contribution is 6.00. The Balaban J connectivity index is 1.32. The molecule has 2 atom stereocenters. The molecule has 150 valence electrons. The fraction of sp³-hybridized carbons (Fsp3) is 0.391. The summed E-state index contributed by atoms with van der Waals surface area (Å²) in [6.07, 6.45) is 4.82. The maximum absolute atomic E-state index is 14.2. The highest BCUT2D eigenvalue weighted by Gasteiger charge is 2.36. The molecular formula is C23H25FN4O. The summed E-state index contributed by atoms with van der Waals surface area (Å²) >= 11 is 0. The number of carbonyl (C=O) groups excluding carboxylic acids is 1. The van der Waals surface area contributed by atoms with Crippen LogP contribution >= 0.6 is 0 Å². The van der Waals surface area contributed by atoms with Gasteiger partial charge in [0.1, 0.15) is 11.3 Å². The topological polar surface area (TPSA) is 50.2 Å². The third-order valence-corrected chi connectivity index (χ3v) is 6.28. The summed E-state index contributed by atoms with van der Waals surface area (Å²) < 4.78 is 16.0. The van der Waals surface area contributed by atoms with Crippen molar-refractivity contribution < 1.29 is 9.18 Å². The number of carbonyl (C=O) groups is 1. The van der Waals surface area contributed by atoms with Crippen molar-refractivity contribution >= 4 is 16.8 Å². The first-order valence-corrected chi connectivity index (χ1v) is 10.4. The molecule has 0 aliphatic carbocycles. The molecule has 0 amide bonds. The fourth-order valence-electron chi connectivity index (χ4n) is 4.80. The first-order chi connectivity index (χ1) is 14.2. The van der Waals surface area contributed by atoms with Crippen LogP contribution in [0, 0.1) is 5.82 Å². The average Bonchev–Trinajstić information content (AvgIpc) is 3.49. The van der Waals surface area contributed by atoms with E-state index < -0.39 is 0 Å². The second-order valence-electron chi connectivity index (χ2n) is 8.08. The van der Waals surface area contributed by atoms with Crippen molar-refractivity contribution in [2.24, 2.45) is 0 Å². The number of para-hydroxylation sites is 1. The molecule has 5 rings (SSSR count). The Labute approximate surface area is 169 Å². The van der Waals surface area contributed by atoms with Gasteiger partial charge in [0.25, 0.3) is 0 Å². The number of fused-ring (bicyclic) bond motifs is 1. The van der Waals surface area contributed by atoms with Gasteiger partial charge in [0, 0.05) is 24.7 Å². The van der Waals surface area contributed by atoms with Crippen LogP contribution in [0.5, 0.6) is 0 Å². The Kier molecular flexibility index (Phi) is 4.89. The predicted molar refractivity (Wildman–Crippen MR) is 111 cm³/mol. The summed E-state index contributed by atoms with van der Waals surface area (Å²) in [4.78, 5) is 19.8. The maximum atomic E-state index is 14.2. The molecule has 0 bridgehead atoms. The third kappa shape index (κ3) is 3.47. The Morgan fingerprint density at radius 2 is 2.03 bits per heavy atom. The zero-order chi connectivity index (χ0) is 19.8. The largest absolute Gasteiger partial charge is 0.324 e. The molecule has 0 spiro atoms. The molecule has 2 aliphatic heterocycles. The van der Waals surface area contributed by atoms with Gasteiger partial charge in [-0.05, 0) is 50.0 Å². The van der Waals surface area contributed by atoms with Crippen molar-refractivity contribution in [3.8, 4) is 0 Å². The lowest BCUT2D eigenvalue weighted by molar-refractivity contribution is 0.0826. The Bertz CT molecular complexity index is 1020. The van der Waals surface area contributed by atoms with Crippen LogP contribution in [0.3, 0.4) is 0 Å². The summed E-state index contributed by atoms with van der Waals surface area (Å²) in [6, 6.07) is 13.2. The molecule has 2 aromatic carbocycles. The second kappa shape index (κ2) is 7.69. The normalized spacial score (nSPS) is 22.5. The van der Waals surface area contributed by atoms with E-state index in [0.29, 0.717) is 23.6 Å². The van der Waals surface area contributed by atoms with E-state index in [2.05, 4.69) is 15.2 Å². The summed E-state index contributed by atoms with van der Waals surface area (Å²) in [7, 11) is 0. The van der Waals surface area contributed by atoms with E-state index in [1.807, 2.05) is 34.9 Å². The Morgan fingerprint density at radius 1 is 1.17 bits per heavy atom. The highest BCUT2D eigenvalue weighted by atomic mass is 19.1. The minimum absolute atomic E-state index is 0.00237. The van der Waals surface area contributed by atoms with Gasteiger partial charge < -0.3 is 9.88 Å². The van der Waals surface area contributed by atoms with Crippen LogP contribution < -0.4 is 5.32 Å². The van der Waals surface area contributed by atoms with Crippen LogP contribution in [0.15, 0.2) is 48.8 Å².